The number of nitrogens with one attached hydrogen (secondary N) is 2. The second-order valence-electron chi connectivity index (χ2n) is 5.80. The molecule has 1 saturated carbocycles. The lowest BCUT2D eigenvalue weighted by Gasteiger charge is -2.39. The molecular formula is C13H19N5O2. The lowest BCUT2D eigenvalue weighted by atomic mass is 9.77. The summed E-state index contributed by atoms with van der Waals surface area (Å²) in [4.78, 5) is 15.6. The van der Waals surface area contributed by atoms with E-state index in [4.69, 9.17) is 0 Å². The van der Waals surface area contributed by atoms with Crippen LogP contribution >= 0.6 is 0 Å². The van der Waals surface area contributed by atoms with Gasteiger partial charge in [-0.15, -0.1) is 0 Å². The van der Waals surface area contributed by atoms with E-state index in [0.29, 0.717) is 17.4 Å². The molecule has 0 amide bonds. The number of H-pyrrole nitrogens is 1. The molecule has 2 aromatic heterocycles. The minimum Gasteiger partial charge on any atom is -0.394 e. The second-order valence-corrected chi connectivity index (χ2v) is 5.80. The van der Waals surface area contributed by atoms with Crippen molar-refractivity contribution in [1.82, 2.24) is 19.6 Å². The second kappa shape index (κ2) is 4.90. The van der Waals surface area contributed by atoms with E-state index >= 15 is 0 Å². The smallest absolute Gasteiger partial charge is 0.348 e. The van der Waals surface area contributed by atoms with Gasteiger partial charge in [0.2, 0.25) is 0 Å². The number of hydrogen-bond acceptors (Lipinski definition) is 5. The Morgan fingerprint density at radius 2 is 2.50 bits per heavy atom. The van der Waals surface area contributed by atoms with E-state index in [-0.39, 0.29) is 17.8 Å². The average Bonchev–Trinajstić information content (AvgIpc) is 2.80. The van der Waals surface area contributed by atoms with Crippen LogP contribution in [0, 0.1) is 5.92 Å². The molecule has 1 aliphatic rings. The monoisotopic (exact) mass is 277 g/mol. The van der Waals surface area contributed by atoms with Gasteiger partial charge in [0.1, 0.15) is 12.1 Å². The van der Waals surface area contributed by atoms with Crippen LogP contribution in [0.3, 0.4) is 0 Å². The molecule has 2 unspecified atom stereocenters. The van der Waals surface area contributed by atoms with E-state index in [0.717, 1.165) is 19.3 Å². The highest BCUT2D eigenvalue weighted by atomic mass is 16.3. The van der Waals surface area contributed by atoms with Crippen LogP contribution in [0.1, 0.15) is 32.6 Å². The van der Waals surface area contributed by atoms with Crippen LogP contribution in [0.5, 0.6) is 0 Å². The molecule has 7 heteroatoms. The van der Waals surface area contributed by atoms with Gasteiger partial charge in [-0.2, -0.15) is 5.10 Å². The largest absolute Gasteiger partial charge is 0.394 e. The summed E-state index contributed by atoms with van der Waals surface area (Å²) in [6.07, 6.45) is 5.59. The molecule has 0 aromatic carbocycles. The molecular weight excluding hydrogens is 258 g/mol. The van der Waals surface area contributed by atoms with Gasteiger partial charge < -0.3 is 10.4 Å². The number of aliphatic hydroxyl groups excluding tert-OH is 1. The SMILES string of the molecule is CC1CCCC(CO)(Nc2cc3n[nH]c(=O)n3cn2)C1. The summed E-state index contributed by atoms with van der Waals surface area (Å²) in [5, 5.41) is 19.4. The van der Waals surface area contributed by atoms with Crippen molar-refractivity contribution in [3.63, 3.8) is 0 Å². The van der Waals surface area contributed by atoms with Gasteiger partial charge in [0.05, 0.1) is 12.1 Å². The Kier molecular flexibility index (Phi) is 3.21. The highest BCUT2D eigenvalue weighted by Gasteiger charge is 2.34. The molecule has 3 rings (SSSR count). The fraction of sp³-hybridized carbons (Fsp3) is 0.615. The fourth-order valence-electron chi connectivity index (χ4n) is 3.11. The third-order valence-corrected chi connectivity index (χ3v) is 4.10. The maximum atomic E-state index is 11.4. The maximum absolute atomic E-state index is 11.4. The van der Waals surface area contributed by atoms with Crippen molar-refractivity contribution in [3.8, 4) is 0 Å². The lowest BCUT2D eigenvalue weighted by Crippen LogP contribution is -2.46. The van der Waals surface area contributed by atoms with Crippen molar-refractivity contribution in [2.75, 3.05) is 11.9 Å². The summed E-state index contributed by atoms with van der Waals surface area (Å²) in [5.74, 6) is 1.22. The highest BCUT2D eigenvalue weighted by molar-refractivity contribution is 5.49. The van der Waals surface area contributed by atoms with E-state index in [1.807, 2.05) is 0 Å². The zero-order valence-corrected chi connectivity index (χ0v) is 11.5. The Hall–Kier alpha value is -1.89. The number of hydrogen-bond donors (Lipinski definition) is 3. The van der Waals surface area contributed by atoms with Gasteiger partial charge in [-0.05, 0) is 18.8 Å². The zero-order chi connectivity index (χ0) is 14.2. The minimum absolute atomic E-state index is 0.0809. The van der Waals surface area contributed by atoms with Crippen molar-refractivity contribution in [2.24, 2.45) is 5.92 Å². The Labute approximate surface area is 116 Å². The third-order valence-electron chi connectivity index (χ3n) is 4.10. The van der Waals surface area contributed by atoms with Gasteiger partial charge in [0.25, 0.3) is 0 Å². The Morgan fingerprint density at radius 3 is 3.25 bits per heavy atom. The van der Waals surface area contributed by atoms with Crippen molar-refractivity contribution < 1.29 is 5.11 Å². The first-order valence-corrected chi connectivity index (χ1v) is 6.94. The third kappa shape index (κ3) is 2.29. The number of aliphatic hydroxyl groups is 1. The Bertz CT molecular complexity index is 664. The molecule has 0 saturated heterocycles. The molecule has 0 aliphatic heterocycles. The number of fused-ring (bicyclic) bond motifs is 1. The van der Waals surface area contributed by atoms with Gasteiger partial charge in [-0.25, -0.2) is 19.3 Å². The maximum Gasteiger partial charge on any atom is 0.348 e. The van der Waals surface area contributed by atoms with Gasteiger partial charge >= 0.3 is 5.69 Å². The topological polar surface area (TPSA) is 95.3 Å². The average molecular weight is 277 g/mol. The summed E-state index contributed by atoms with van der Waals surface area (Å²) in [6.45, 7) is 2.28. The van der Waals surface area contributed by atoms with Crippen LogP contribution in [0.2, 0.25) is 0 Å². The van der Waals surface area contributed by atoms with Crippen LogP contribution in [0.4, 0.5) is 5.82 Å². The molecule has 1 aliphatic carbocycles. The van der Waals surface area contributed by atoms with E-state index in [1.165, 1.54) is 17.1 Å². The first-order valence-electron chi connectivity index (χ1n) is 6.94. The van der Waals surface area contributed by atoms with Crippen LogP contribution in [0.25, 0.3) is 5.65 Å². The van der Waals surface area contributed by atoms with Crippen molar-refractivity contribution in [2.45, 2.75) is 38.1 Å². The number of nitrogens with zero attached hydrogens (tertiary/aromatic N) is 3. The molecule has 0 bridgehead atoms. The van der Waals surface area contributed by atoms with Crippen molar-refractivity contribution in [1.29, 1.82) is 0 Å². The molecule has 2 atom stereocenters. The molecule has 7 nitrogen and oxygen atoms in total. The Balaban J connectivity index is 1.88. The number of rotatable bonds is 3. The molecule has 0 spiro atoms. The summed E-state index contributed by atoms with van der Waals surface area (Å²) in [7, 11) is 0. The standard InChI is InChI=1S/C13H19N5O2/c1-9-3-2-4-13(6-9,7-19)15-10-5-11-16-17-12(20)18(11)8-14-10/h5,8-9,15,19H,2-4,6-7H2,1H3,(H,17,20). The van der Waals surface area contributed by atoms with E-state index in [9.17, 15) is 9.90 Å². The molecule has 3 N–H and O–H groups in total. The van der Waals surface area contributed by atoms with Crippen LogP contribution < -0.4 is 11.0 Å². The number of anilines is 1. The molecule has 108 valence electrons. The predicted octanol–water partition coefficient (Wildman–Crippen LogP) is 0.771. The lowest BCUT2D eigenvalue weighted by molar-refractivity contribution is 0.149. The van der Waals surface area contributed by atoms with E-state index < -0.39 is 0 Å². The van der Waals surface area contributed by atoms with E-state index in [1.54, 1.807) is 6.07 Å². The summed E-state index contributed by atoms with van der Waals surface area (Å²) in [6, 6.07) is 1.72. The predicted molar refractivity (Wildman–Crippen MR) is 74.7 cm³/mol. The van der Waals surface area contributed by atoms with Gasteiger partial charge in [-0.1, -0.05) is 19.8 Å². The first-order chi connectivity index (χ1) is 9.62. The molecule has 20 heavy (non-hydrogen) atoms. The Morgan fingerprint density at radius 1 is 1.65 bits per heavy atom. The van der Waals surface area contributed by atoms with E-state index in [2.05, 4.69) is 27.4 Å². The van der Waals surface area contributed by atoms with Crippen LogP contribution in [-0.2, 0) is 0 Å². The molecule has 0 radical (unpaired) electrons. The van der Waals surface area contributed by atoms with Crippen molar-refractivity contribution >= 4 is 11.5 Å². The number of aromatic nitrogens is 4. The summed E-state index contributed by atoms with van der Waals surface area (Å²) >= 11 is 0. The van der Waals surface area contributed by atoms with Crippen molar-refractivity contribution in [3.05, 3.63) is 22.9 Å². The summed E-state index contributed by atoms with van der Waals surface area (Å²) < 4.78 is 1.35. The van der Waals surface area contributed by atoms with Gasteiger partial charge in [-0.3, -0.25) is 0 Å². The fourth-order valence-corrected chi connectivity index (χ4v) is 3.11. The molecule has 2 aromatic rings. The summed E-state index contributed by atoms with van der Waals surface area (Å²) in [5.41, 5.74) is -0.105. The molecule has 1 fully saturated rings. The zero-order valence-electron chi connectivity index (χ0n) is 11.5. The highest BCUT2D eigenvalue weighted by Crippen LogP contribution is 2.34. The minimum atomic E-state index is -0.320. The normalized spacial score (nSPS) is 26.8. The van der Waals surface area contributed by atoms with Crippen LogP contribution in [0.15, 0.2) is 17.2 Å². The number of aromatic amines is 1. The van der Waals surface area contributed by atoms with Crippen LogP contribution in [-0.4, -0.2) is 36.8 Å². The first kappa shape index (κ1) is 13.1. The quantitative estimate of drug-likeness (QED) is 0.770. The van der Waals surface area contributed by atoms with Gasteiger partial charge in [0, 0.05) is 6.07 Å². The van der Waals surface area contributed by atoms with Gasteiger partial charge in [0.15, 0.2) is 5.65 Å². The molecule has 2 heterocycles.